The summed E-state index contributed by atoms with van der Waals surface area (Å²) in [6.07, 6.45) is -0.445. The molecule has 0 fully saturated rings. The molecule has 0 saturated carbocycles. The van der Waals surface area contributed by atoms with E-state index in [2.05, 4.69) is 27.3 Å². The smallest absolute Gasteiger partial charge is 0.524 e. The minimum Gasteiger partial charge on any atom is -0.524 e. The van der Waals surface area contributed by atoms with Crippen LogP contribution in [0.4, 0.5) is 13.2 Å². The Morgan fingerprint density at radius 2 is 1.64 bits per heavy atom. The summed E-state index contributed by atoms with van der Waals surface area (Å²) >= 11 is 0. The maximum atomic E-state index is 12.9. The van der Waals surface area contributed by atoms with E-state index in [0.717, 1.165) is 16.4 Å². The van der Waals surface area contributed by atoms with Gasteiger partial charge in [0.2, 0.25) is 0 Å². The van der Waals surface area contributed by atoms with Gasteiger partial charge in [-0.15, -0.1) is 17.7 Å². The molecule has 0 bridgehead atoms. The average Bonchev–Trinajstić information content (AvgIpc) is 3.30. The van der Waals surface area contributed by atoms with Gasteiger partial charge in [0.05, 0.1) is 18.6 Å². The number of aromatic nitrogens is 5. The van der Waals surface area contributed by atoms with Crippen LogP contribution in [0.2, 0.25) is 0 Å². The first-order chi connectivity index (χ1) is 15.2. The summed E-state index contributed by atoms with van der Waals surface area (Å²) in [5.41, 5.74) is 1.06. The van der Waals surface area contributed by atoms with E-state index in [1.807, 2.05) is 32.0 Å². The number of methoxy groups -OCH3 is 1. The van der Waals surface area contributed by atoms with Gasteiger partial charge in [-0.05, 0) is 31.7 Å². The second-order valence-electron chi connectivity index (χ2n) is 7.49. The standard InChI is InChI=1S/C23H18F3N5O.Pt/c1-22(2,17-7-4-6-16(28-17)15-10-11-21(32-3)27-14-15)18-8-5-9-20(29-18)31-13-12-19(30-31)23(24,25)26;/h4-9,11-12,14H,1-3H3;/q-2;+2. The van der Waals surface area contributed by atoms with Crippen LogP contribution in [-0.2, 0) is 32.7 Å². The third-order valence-electron chi connectivity index (χ3n) is 4.96. The summed E-state index contributed by atoms with van der Waals surface area (Å²) in [7, 11) is 1.53. The Morgan fingerprint density at radius 3 is 2.24 bits per heavy atom. The van der Waals surface area contributed by atoms with Crippen LogP contribution in [0, 0.1) is 12.3 Å². The Kier molecular flexibility index (Phi) is 7.02. The van der Waals surface area contributed by atoms with Crippen LogP contribution in [0.5, 0.6) is 5.88 Å². The fraction of sp³-hybridized carbons (Fsp3) is 0.217. The third-order valence-corrected chi connectivity index (χ3v) is 4.96. The molecule has 0 atom stereocenters. The molecule has 0 saturated heterocycles. The van der Waals surface area contributed by atoms with E-state index in [-0.39, 0.29) is 26.9 Å². The van der Waals surface area contributed by atoms with Crippen molar-refractivity contribution in [3.05, 3.63) is 84.1 Å². The number of rotatable bonds is 5. The molecule has 0 aromatic carbocycles. The van der Waals surface area contributed by atoms with E-state index >= 15 is 0 Å². The Labute approximate surface area is 203 Å². The van der Waals surface area contributed by atoms with Crippen LogP contribution in [0.3, 0.4) is 0 Å². The molecule has 0 spiro atoms. The summed E-state index contributed by atoms with van der Waals surface area (Å²) in [6, 6.07) is 16.2. The molecule has 6 nitrogen and oxygen atoms in total. The Balaban J connectivity index is 0.00000306. The average molecular weight is 633 g/mol. The quantitative estimate of drug-likeness (QED) is 0.300. The summed E-state index contributed by atoms with van der Waals surface area (Å²) in [6.45, 7) is 3.88. The first-order valence-corrected chi connectivity index (χ1v) is 9.61. The van der Waals surface area contributed by atoms with Crippen molar-refractivity contribution in [1.82, 2.24) is 24.7 Å². The molecule has 4 aromatic rings. The van der Waals surface area contributed by atoms with Crippen molar-refractivity contribution >= 4 is 0 Å². The van der Waals surface area contributed by atoms with E-state index in [1.165, 1.54) is 7.11 Å². The van der Waals surface area contributed by atoms with E-state index in [0.29, 0.717) is 22.8 Å². The number of alkyl halides is 3. The van der Waals surface area contributed by atoms with Crippen molar-refractivity contribution in [1.29, 1.82) is 0 Å². The molecule has 172 valence electrons. The van der Waals surface area contributed by atoms with Gasteiger partial charge in [-0.25, -0.2) is 0 Å². The van der Waals surface area contributed by atoms with Crippen molar-refractivity contribution < 1.29 is 39.0 Å². The Bertz CT molecular complexity index is 1240. The Morgan fingerprint density at radius 1 is 0.939 bits per heavy atom. The van der Waals surface area contributed by atoms with Crippen molar-refractivity contribution in [3.63, 3.8) is 0 Å². The number of hydrogen-bond acceptors (Lipinski definition) is 5. The van der Waals surface area contributed by atoms with E-state index in [4.69, 9.17) is 9.72 Å². The number of ether oxygens (including phenoxy) is 1. The molecule has 0 aliphatic carbocycles. The molecule has 4 heterocycles. The molecule has 4 rings (SSSR count). The molecule has 0 aliphatic heterocycles. The van der Waals surface area contributed by atoms with E-state index in [9.17, 15) is 13.2 Å². The zero-order valence-corrected chi connectivity index (χ0v) is 20.1. The predicted molar refractivity (Wildman–Crippen MR) is 110 cm³/mol. The Hall–Kier alpha value is -3.06. The topological polar surface area (TPSA) is 65.7 Å². The minimum absolute atomic E-state index is 0. The molecule has 0 N–H and O–H groups in total. The maximum absolute atomic E-state index is 12.9. The largest absolute Gasteiger partial charge is 2.00 e. The molecule has 0 unspecified atom stereocenters. The molecular weight excluding hydrogens is 614 g/mol. The maximum Gasteiger partial charge on any atom is 2.00 e. The van der Waals surface area contributed by atoms with Crippen LogP contribution in [0.25, 0.3) is 17.1 Å². The minimum atomic E-state index is -4.55. The molecular formula is C23H18F3N5OPt. The molecule has 10 heteroatoms. The molecule has 0 radical (unpaired) electrons. The fourth-order valence-corrected chi connectivity index (χ4v) is 3.09. The number of pyridine rings is 3. The SMILES string of the molecule is COc1c[c-]c(-c2cccc(C(C)(C)c3cccc(-n4[c-]cc(C(F)(F)F)n4)n3)n2)cn1.[Pt+2]. The van der Waals surface area contributed by atoms with Gasteiger partial charge in [0.25, 0.3) is 0 Å². The second-order valence-corrected chi connectivity index (χ2v) is 7.49. The second kappa shape index (κ2) is 9.43. The summed E-state index contributed by atoms with van der Waals surface area (Å²) in [5.74, 6) is 0.685. The van der Waals surface area contributed by atoms with Crippen LogP contribution in [-0.4, -0.2) is 31.8 Å². The normalized spacial score (nSPS) is 11.7. The molecule has 0 amide bonds. The van der Waals surface area contributed by atoms with Crippen molar-refractivity contribution in [2.24, 2.45) is 0 Å². The predicted octanol–water partition coefficient (Wildman–Crippen LogP) is 4.68. The first-order valence-electron chi connectivity index (χ1n) is 9.61. The fourth-order valence-electron chi connectivity index (χ4n) is 3.09. The van der Waals surface area contributed by atoms with Gasteiger partial charge < -0.3 is 19.4 Å². The van der Waals surface area contributed by atoms with Crippen LogP contribution >= 0.6 is 0 Å². The van der Waals surface area contributed by atoms with Crippen molar-refractivity contribution in [2.45, 2.75) is 25.4 Å². The number of halogens is 3. The van der Waals surface area contributed by atoms with Gasteiger partial charge in [-0.2, -0.15) is 13.2 Å². The zero-order valence-electron chi connectivity index (χ0n) is 17.8. The van der Waals surface area contributed by atoms with Gasteiger partial charge in [-0.1, -0.05) is 42.7 Å². The zero-order chi connectivity index (χ0) is 22.9. The first kappa shape index (κ1) is 24.6. The third kappa shape index (κ3) is 5.14. The monoisotopic (exact) mass is 632 g/mol. The van der Waals surface area contributed by atoms with Gasteiger partial charge in [0.1, 0.15) is 5.88 Å². The van der Waals surface area contributed by atoms with Crippen LogP contribution in [0.1, 0.15) is 30.9 Å². The van der Waals surface area contributed by atoms with Gasteiger partial charge in [0, 0.05) is 16.8 Å². The summed E-state index contributed by atoms with van der Waals surface area (Å²) < 4.78 is 44.7. The summed E-state index contributed by atoms with van der Waals surface area (Å²) in [5, 5.41) is 3.55. The van der Waals surface area contributed by atoms with Gasteiger partial charge in [-0.3, -0.25) is 10.1 Å². The molecule has 4 aromatic heterocycles. The number of hydrogen-bond donors (Lipinski definition) is 0. The van der Waals surface area contributed by atoms with Crippen LogP contribution in [0.15, 0.2) is 54.7 Å². The summed E-state index contributed by atoms with van der Waals surface area (Å²) in [4.78, 5) is 13.5. The molecule has 0 aliphatic rings. The van der Waals surface area contributed by atoms with Crippen molar-refractivity contribution in [3.8, 4) is 23.0 Å². The van der Waals surface area contributed by atoms with E-state index < -0.39 is 17.3 Å². The van der Waals surface area contributed by atoms with Gasteiger partial charge >= 0.3 is 27.2 Å². The van der Waals surface area contributed by atoms with Crippen molar-refractivity contribution in [2.75, 3.05) is 7.11 Å². The molecule has 33 heavy (non-hydrogen) atoms. The van der Waals surface area contributed by atoms with Gasteiger partial charge in [0.15, 0.2) is 0 Å². The van der Waals surface area contributed by atoms with E-state index in [1.54, 1.807) is 30.5 Å². The van der Waals surface area contributed by atoms with Crippen LogP contribution < -0.4 is 4.74 Å². The number of nitrogens with zero attached hydrogens (tertiary/aromatic N) is 5.